The lowest BCUT2D eigenvalue weighted by atomic mass is 10.2. The number of hydrogen-bond donors (Lipinski definition) is 0. The lowest BCUT2D eigenvalue weighted by Gasteiger charge is -2.34. The number of amides is 1. The summed E-state index contributed by atoms with van der Waals surface area (Å²) in [5.41, 5.74) is 0.675. The van der Waals surface area contributed by atoms with Crippen LogP contribution in [0.2, 0.25) is 0 Å². The number of carbonyl (C=O) groups excluding carboxylic acids is 1. The van der Waals surface area contributed by atoms with Gasteiger partial charge in [0.2, 0.25) is 0 Å². The first-order valence-electron chi connectivity index (χ1n) is 7.72. The molecule has 1 fully saturated rings. The van der Waals surface area contributed by atoms with Gasteiger partial charge in [-0.15, -0.1) is 0 Å². The molecule has 2 aromatic heterocycles. The first kappa shape index (κ1) is 14.8. The number of furan rings is 1. The molecule has 0 unspecified atom stereocenters. The van der Waals surface area contributed by atoms with E-state index >= 15 is 0 Å². The highest BCUT2D eigenvalue weighted by molar-refractivity contribution is 5.92. The highest BCUT2D eigenvalue weighted by Gasteiger charge is 2.25. The van der Waals surface area contributed by atoms with Gasteiger partial charge < -0.3 is 9.32 Å². The maximum Gasteiger partial charge on any atom is 0.272 e. The summed E-state index contributed by atoms with van der Waals surface area (Å²) in [5.74, 6) is 1.04. The molecule has 1 saturated heterocycles. The van der Waals surface area contributed by atoms with Crippen molar-refractivity contribution in [1.29, 1.82) is 0 Å². The van der Waals surface area contributed by atoms with E-state index in [4.69, 9.17) is 4.42 Å². The van der Waals surface area contributed by atoms with Gasteiger partial charge in [-0.3, -0.25) is 14.4 Å². The van der Waals surface area contributed by atoms with Gasteiger partial charge in [0.25, 0.3) is 5.91 Å². The highest BCUT2D eigenvalue weighted by atomic mass is 16.3. The van der Waals surface area contributed by atoms with Crippen molar-refractivity contribution in [2.75, 3.05) is 26.2 Å². The third-order valence-electron chi connectivity index (χ3n) is 4.00. The molecule has 22 heavy (non-hydrogen) atoms. The summed E-state index contributed by atoms with van der Waals surface area (Å²) in [5, 5.41) is 4.24. The van der Waals surface area contributed by atoms with E-state index in [2.05, 4.69) is 10.00 Å². The zero-order valence-electron chi connectivity index (χ0n) is 13.1. The van der Waals surface area contributed by atoms with Crippen LogP contribution in [0.5, 0.6) is 0 Å². The van der Waals surface area contributed by atoms with Crippen LogP contribution < -0.4 is 0 Å². The summed E-state index contributed by atoms with van der Waals surface area (Å²) in [6.45, 7) is 8.07. The molecule has 2 aromatic rings. The largest absolute Gasteiger partial charge is 0.468 e. The van der Waals surface area contributed by atoms with Crippen LogP contribution in [0.15, 0.2) is 35.1 Å². The monoisotopic (exact) mass is 302 g/mol. The Morgan fingerprint density at radius 2 is 2.05 bits per heavy atom. The quantitative estimate of drug-likeness (QED) is 0.867. The first-order chi connectivity index (χ1) is 10.6. The Hall–Kier alpha value is -2.08. The van der Waals surface area contributed by atoms with Crippen molar-refractivity contribution < 1.29 is 9.21 Å². The van der Waals surface area contributed by atoms with Crippen LogP contribution >= 0.6 is 0 Å². The van der Waals surface area contributed by atoms with Crippen LogP contribution in [0.1, 0.15) is 36.1 Å². The number of rotatable bonds is 4. The van der Waals surface area contributed by atoms with Crippen LogP contribution in [0.25, 0.3) is 0 Å². The Kier molecular flexibility index (Phi) is 4.29. The summed E-state index contributed by atoms with van der Waals surface area (Å²) in [7, 11) is 0. The van der Waals surface area contributed by atoms with Crippen molar-refractivity contribution in [3.8, 4) is 0 Å². The SMILES string of the molecule is CC(C)n1nccc1C(=O)N1CCN(Cc2ccco2)CC1. The summed E-state index contributed by atoms with van der Waals surface area (Å²) < 4.78 is 7.17. The smallest absolute Gasteiger partial charge is 0.272 e. The minimum Gasteiger partial charge on any atom is -0.468 e. The molecule has 1 aliphatic rings. The van der Waals surface area contributed by atoms with Gasteiger partial charge in [-0.25, -0.2) is 0 Å². The highest BCUT2D eigenvalue weighted by Crippen LogP contribution is 2.14. The molecule has 3 heterocycles. The number of hydrogen-bond acceptors (Lipinski definition) is 4. The molecule has 0 bridgehead atoms. The van der Waals surface area contributed by atoms with E-state index in [1.807, 2.05) is 30.9 Å². The standard InChI is InChI=1S/C16H22N4O2/c1-13(2)20-15(5-6-17-20)16(21)19-9-7-18(8-10-19)12-14-4-3-11-22-14/h3-6,11,13H,7-10,12H2,1-2H3. The molecule has 0 atom stereocenters. The van der Waals surface area contributed by atoms with Crippen LogP contribution in [-0.4, -0.2) is 51.7 Å². The molecule has 1 amide bonds. The topological polar surface area (TPSA) is 54.5 Å². The van der Waals surface area contributed by atoms with Gasteiger partial charge >= 0.3 is 0 Å². The van der Waals surface area contributed by atoms with Gasteiger partial charge in [-0.1, -0.05) is 0 Å². The zero-order chi connectivity index (χ0) is 15.5. The molecule has 0 saturated carbocycles. The average Bonchev–Trinajstić information content (AvgIpc) is 3.18. The fourth-order valence-electron chi connectivity index (χ4n) is 2.79. The summed E-state index contributed by atoms with van der Waals surface area (Å²) in [6, 6.07) is 5.88. The summed E-state index contributed by atoms with van der Waals surface area (Å²) in [6.07, 6.45) is 3.39. The van der Waals surface area contributed by atoms with Gasteiger partial charge in [0, 0.05) is 38.4 Å². The fraction of sp³-hybridized carbons (Fsp3) is 0.500. The van der Waals surface area contributed by atoms with Gasteiger partial charge in [0.15, 0.2) is 0 Å². The molecule has 0 N–H and O–H groups in total. The van der Waals surface area contributed by atoms with E-state index in [1.165, 1.54) is 0 Å². The van der Waals surface area contributed by atoms with Gasteiger partial charge in [-0.2, -0.15) is 5.10 Å². The number of piperazine rings is 1. The summed E-state index contributed by atoms with van der Waals surface area (Å²) >= 11 is 0. The Labute approximate surface area is 130 Å². The molecule has 0 aromatic carbocycles. The third-order valence-corrected chi connectivity index (χ3v) is 4.00. The predicted octanol–water partition coefficient (Wildman–Crippen LogP) is 2.01. The van der Waals surface area contributed by atoms with Crippen LogP contribution in [0.3, 0.4) is 0 Å². The minimum atomic E-state index is 0.0730. The molecule has 6 heteroatoms. The second-order valence-corrected chi connectivity index (χ2v) is 5.90. The van der Waals surface area contributed by atoms with Gasteiger partial charge in [0.1, 0.15) is 11.5 Å². The van der Waals surface area contributed by atoms with Gasteiger partial charge in [0.05, 0.1) is 12.8 Å². The predicted molar refractivity (Wildman–Crippen MR) is 82.5 cm³/mol. The van der Waals surface area contributed by atoms with E-state index in [9.17, 15) is 4.79 Å². The number of aromatic nitrogens is 2. The summed E-state index contributed by atoms with van der Waals surface area (Å²) in [4.78, 5) is 16.9. The van der Waals surface area contributed by atoms with E-state index < -0.39 is 0 Å². The van der Waals surface area contributed by atoms with Crippen LogP contribution in [0, 0.1) is 0 Å². The molecule has 0 radical (unpaired) electrons. The number of nitrogens with zero attached hydrogens (tertiary/aromatic N) is 4. The molecule has 1 aliphatic heterocycles. The zero-order valence-corrected chi connectivity index (χ0v) is 13.1. The molecule has 3 rings (SSSR count). The lowest BCUT2D eigenvalue weighted by molar-refractivity contribution is 0.0606. The number of carbonyl (C=O) groups is 1. The average molecular weight is 302 g/mol. The maximum absolute atomic E-state index is 12.6. The Morgan fingerprint density at radius 1 is 1.27 bits per heavy atom. The van der Waals surface area contributed by atoms with Gasteiger partial charge in [-0.05, 0) is 32.0 Å². The lowest BCUT2D eigenvalue weighted by Crippen LogP contribution is -2.48. The van der Waals surface area contributed by atoms with Crippen molar-refractivity contribution in [3.63, 3.8) is 0 Å². The second-order valence-electron chi connectivity index (χ2n) is 5.90. The van der Waals surface area contributed by atoms with Crippen LogP contribution in [-0.2, 0) is 6.54 Å². The van der Waals surface area contributed by atoms with Crippen molar-refractivity contribution in [2.24, 2.45) is 0 Å². The van der Waals surface area contributed by atoms with E-state index in [0.29, 0.717) is 5.69 Å². The first-order valence-corrected chi connectivity index (χ1v) is 7.72. The molecular formula is C16H22N4O2. The van der Waals surface area contributed by atoms with Crippen molar-refractivity contribution >= 4 is 5.91 Å². The Morgan fingerprint density at radius 3 is 2.68 bits per heavy atom. The van der Waals surface area contributed by atoms with Crippen LogP contribution in [0.4, 0.5) is 0 Å². The fourth-order valence-corrected chi connectivity index (χ4v) is 2.79. The molecule has 118 valence electrons. The Bertz CT molecular complexity index is 610. The third kappa shape index (κ3) is 3.06. The van der Waals surface area contributed by atoms with E-state index in [1.54, 1.807) is 23.2 Å². The molecule has 6 nitrogen and oxygen atoms in total. The van der Waals surface area contributed by atoms with E-state index in [0.717, 1.165) is 38.5 Å². The minimum absolute atomic E-state index is 0.0730. The second kappa shape index (κ2) is 6.36. The molecule has 0 aliphatic carbocycles. The molecule has 0 spiro atoms. The normalized spacial score (nSPS) is 16.4. The van der Waals surface area contributed by atoms with Crippen molar-refractivity contribution in [1.82, 2.24) is 19.6 Å². The maximum atomic E-state index is 12.6. The van der Waals surface area contributed by atoms with E-state index in [-0.39, 0.29) is 11.9 Å². The molecular weight excluding hydrogens is 280 g/mol. The van der Waals surface area contributed by atoms with Crippen molar-refractivity contribution in [2.45, 2.75) is 26.4 Å². The van der Waals surface area contributed by atoms with Crippen molar-refractivity contribution in [3.05, 3.63) is 42.1 Å². The Balaban J connectivity index is 1.59.